The molecule has 98 valence electrons. The fraction of sp³-hybridized carbons (Fsp3) is 0.818. The van der Waals surface area contributed by atoms with Crippen LogP contribution >= 0.6 is 0 Å². The molecule has 6 heteroatoms. The Morgan fingerprint density at radius 1 is 1.47 bits per heavy atom. The van der Waals surface area contributed by atoms with Crippen molar-refractivity contribution >= 4 is 12.0 Å². The second kappa shape index (κ2) is 4.52. The second-order valence-electron chi connectivity index (χ2n) is 5.52. The predicted molar refractivity (Wildman–Crippen MR) is 61.2 cm³/mol. The van der Waals surface area contributed by atoms with Crippen LogP contribution in [0.5, 0.6) is 0 Å². The van der Waals surface area contributed by atoms with E-state index < -0.39 is 23.2 Å². The molecule has 1 aliphatic heterocycles. The van der Waals surface area contributed by atoms with Crippen LogP contribution in [0.3, 0.4) is 0 Å². The number of primary amides is 1. The Bertz CT molecular complexity index is 324. The number of rotatable bonds is 2. The molecular weight excluding hydrogens is 224 g/mol. The summed E-state index contributed by atoms with van der Waals surface area (Å²) in [5.41, 5.74) is 3.27. The van der Waals surface area contributed by atoms with Crippen molar-refractivity contribution in [1.29, 1.82) is 0 Å². The molecule has 2 amide bonds. The summed E-state index contributed by atoms with van der Waals surface area (Å²) in [5.74, 6) is -0.571. The van der Waals surface area contributed by atoms with E-state index in [2.05, 4.69) is 0 Å². The molecular formula is C11H20N2O4. The Balaban J connectivity index is 2.55. The minimum atomic E-state index is -1.21. The lowest BCUT2D eigenvalue weighted by atomic mass is 9.99. The fourth-order valence-electron chi connectivity index (χ4n) is 1.81. The van der Waals surface area contributed by atoms with Crippen LogP contribution in [-0.2, 0) is 9.53 Å². The van der Waals surface area contributed by atoms with E-state index in [1.165, 1.54) is 4.90 Å². The molecule has 1 aliphatic rings. The number of carbonyl (C=O) groups excluding carboxylic acids is 2. The number of likely N-dealkylation sites (tertiary alicyclic amines) is 1. The van der Waals surface area contributed by atoms with Gasteiger partial charge in [-0.05, 0) is 27.2 Å². The summed E-state index contributed by atoms with van der Waals surface area (Å²) in [6.45, 7) is 5.78. The van der Waals surface area contributed by atoms with Crippen molar-refractivity contribution in [3.63, 3.8) is 0 Å². The maximum Gasteiger partial charge on any atom is 0.410 e. The number of β-amino-alcohol motifs (C(OH)–C–C–N with tert-alkyl or cyclic N) is 1. The van der Waals surface area contributed by atoms with E-state index in [1.807, 2.05) is 0 Å². The van der Waals surface area contributed by atoms with Crippen LogP contribution in [0.4, 0.5) is 4.79 Å². The SMILES string of the molecule is CC(C)(C)OC(=O)N1CCC(O)(CC(N)=O)C1. The number of nitrogens with zero attached hydrogens (tertiary/aromatic N) is 1. The molecule has 0 saturated carbocycles. The highest BCUT2D eigenvalue weighted by atomic mass is 16.6. The molecule has 1 atom stereocenters. The van der Waals surface area contributed by atoms with Crippen molar-refractivity contribution in [3.05, 3.63) is 0 Å². The first-order chi connectivity index (χ1) is 7.61. The summed E-state index contributed by atoms with van der Waals surface area (Å²) < 4.78 is 5.18. The van der Waals surface area contributed by atoms with Gasteiger partial charge in [0.15, 0.2) is 0 Å². The monoisotopic (exact) mass is 244 g/mol. The molecule has 6 nitrogen and oxygen atoms in total. The van der Waals surface area contributed by atoms with Gasteiger partial charge in [-0.15, -0.1) is 0 Å². The average molecular weight is 244 g/mol. The van der Waals surface area contributed by atoms with Crippen LogP contribution in [0.1, 0.15) is 33.6 Å². The first-order valence-electron chi connectivity index (χ1n) is 5.60. The smallest absolute Gasteiger partial charge is 0.410 e. The van der Waals surface area contributed by atoms with Gasteiger partial charge in [-0.3, -0.25) is 4.79 Å². The summed E-state index contributed by atoms with van der Waals surface area (Å²) in [6.07, 6.45) is -0.264. The largest absolute Gasteiger partial charge is 0.444 e. The highest BCUT2D eigenvalue weighted by Gasteiger charge is 2.40. The molecule has 1 rings (SSSR count). The van der Waals surface area contributed by atoms with Crippen molar-refractivity contribution < 1.29 is 19.4 Å². The Labute approximate surface area is 101 Å². The molecule has 0 bridgehead atoms. The molecule has 0 spiro atoms. The van der Waals surface area contributed by atoms with Gasteiger partial charge in [-0.2, -0.15) is 0 Å². The van der Waals surface area contributed by atoms with Crippen molar-refractivity contribution in [2.24, 2.45) is 5.73 Å². The molecule has 0 radical (unpaired) electrons. The topological polar surface area (TPSA) is 92.9 Å². The van der Waals surface area contributed by atoms with Crippen LogP contribution in [0.25, 0.3) is 0 Å². The predicted octanol–water partition coefficient (Wildman–Crippen LogP) is 0.234. The Hall–Kier alpha value is -1.30. The normalized spacial score (nSPS) is 24.8. The van der Waals surface area contributed by atoms with E-state index in [-0.39, 0.29) is 13.0 Å². The zero-order valence-electron chi connectivity index (χ0n) is 10.5. The van der Waals surface area contributed by atoms with E-state index in [0.717, 1.165) is 0 Å². The third kappa shape index (κ3) is 4.22. The summed E-state index contributed by atoms with van der Waals surface area (Å²) in [5, 5.41) is 10.0. The second-order valence-corrected chi connectivity index (χ2v) is 5.52. The summed E-state index contributed by atoms with van der Waals surface area (Å²) in [7, 11) is 0. The minimum Gasteiger partial charge on any atom is -0.444 e. The lowest BCUT2D eigenvalue weighted by molar-refractivity contribution is -0.122. The Kier molecular flexibility index (Phi) is 3.66. The molecule has 1 saturated heterocycles. The Morgan fingerprint density at radius 3 is 2.53 bits per heavy atom. The van der Waals surface area contributed by atoms with E-state index >= 15 is 0 Å². The maximum absolute atomic E-state index is 11.7. The lowest BCUT2D eigenvalue weighted by Gasteiger charge is -2.25. The van der Waals surface area contributed by atoms with Crippen LogP contribution in [0.15, 0.2) is 0 Å². The third-order valence-electron chi connectivity index (χ3n) is 2.49. The molecule has 1 unspecified atom stereocenters. The lowest BCUT2D eigenvalue weighted by Crippen LogP contribution is -2.41. The van der Waals surface area contributed by atoms with Crippen molar-refractivity contribution in [2.75, 3.05) is 13.1 Å². The molecule has 1 fully saturated rings. The zero-order valence-corrected chi connectivity index (χ0v) is 10.5. The van der Waals surface area contributed by atoms with Crippen LogP contribution in [-0.4, -0.2) is 46.3 Å². The fourth-order valence-corrected chi connectivity index (χ4v) is 1.81. The van der Waals surface area contributed by atoms with E-state index in [9.17, 15) is 14.7 Å². The third-order valence-corrected chi connectivity index (χ3v) is 2.49. The van der Waals surface area contributed by atoms with E-state index in [1.54, 1.807) is 20.8 Å². The number of amides is 2. The van der Waals surface area contributed by atoms with Gasteiger partial charge in [0.25, 0.3) is 0 Å². The highest BCUT2D eigenvalue weighted by molar-refractivity contribution is 5.75. The van der Waals surface area contributed by atoms with Gasteiger partial charge in [0.1, 0.15) is 5.60 Å². The first kappa shape index (κ1) is 13.8. The van der Waals surface area contributed by atoms with Gasteiger partial charge in [-0.25, -0.2) is 4.79 Å². The minimum absolute atomic E-state index is 0.0881. The number of hydrogen-bond donors (Lipinski definition) is 2. The average Bonchev–Trinajstić information content (AvgIpc) is 2.43. The summed E-state index contributed by atoms with van der Waals surface area (Å²) >= 11 is 0. The van der Waals surface area contributed by atoms with Crippen LogP contribution in [0.2, 0.25) is 0 Å². The molecule has 0 aromatic heterocycles. The quantitative estimate of drug-likeness (QED) is 0.727. The molecule has 17 heavy (non-hydrogen) atoms. The van der Waals surface area contributed by atoms with Gasteiger partial charge in [0, 0.05) is 6.54 Å². The van der Waals surface area contributed by atoms with Crippen LogP contribution in [0, 0.1) is 0 Å². The zero-order chi connectivity index (χ0) is 13.3. The van der Waals surface area contributed by atoms with Gasteiger partial charge in [-0.1, -0.05) is 0 Å². The van der Waals surface area contributed by atoms with Crippen molar-refractivity contribution in [2.45, 2.75) is 44.8 Å². The first-order valence-corrected chi connectivity index (χ1v) is 5.60. The number of ether oxygens (including phenoxy) is 1. The molecule has 1 heterocycles. The standard InChI is InChI=1S/C11H20N2O4/c1-10(2,3)17-9(15)13-5-4-11(16,7-13)6-8(12)14/h16H,4-7H2,1-3H3,(H2,12,14). The van der Waals surface area contributed by atoms with Gasteiger partial charge in [0.2, 0.25) is 5.91 Å². The molecule has 3 N–H and O–H groups in total. The van der Waals surface area contributed by atoms with Gasteiger partial charge >= 0.3 is 6.09 Å². The summed E-state index contributed by atoms with van der Waals surface area (Å²) in [6, 6.07) is 0. The van der Waals surface area contributed by atoms with Gasteiger partial charge < -0.3 is 20.5 Å². The van der Waals surface area contributed by atoms with E-state index in [0.29, 0.717) is 13.0 Å². The summed E-state index contributed by atoms with van der Waals surface area (Å²) in [4.78, 5) is 23.9. The number of hydrogen-bond acceptors (Lipinski definition) is 4. The van der Waals surface area contributed by atoms with Crippen molar-refractivity contribution in [1.82, 2.24) is 4.90 Å². The number of carbonyl (C=O) groups is 2. The van der Waals surface area contributed by atoms with Crippen molar-refractivity contribution in [3.8, 4) is 0 Å². The van der Waals surface area contributed by atoms with E-state index in [4.69, 9.17) is 10.5 Å². The van der Waals surface area contributed by atoms with Crippen LogP contribution < -0.4 is 5.73 Å². The molecule has 0 aliphatic carbocycles. The Morgan fingerprint density at radius 2 is 2.06 bits per heavy atom. The number of nitrogens with two attached hydrogens (primary N) is 1. The maximum atomic E-state index is 11.7. The highest BCUT2D eigenvalue weighted by Crippen LogP contribution is 2.25. The number of aliphatic hydroxyl groups is 1. The van der Waals surface area contributed by atoms with Gasteiger partial charge in [0.05, 0.1) is 18.6 Å². The molecule has 0 aromatic carbocycles. The molecule has 0 aromatic rings.